The number of amides is 7. The van der Waals surface area contributed by atoms with E-state index in [0.29, 0.717) is 17.2 Å². The number of carbonyl (C=O) groups excluding carboxylic acids is 6. The highest BCUT2D eigenvalue weighted by atomic mass is 16.7. The van der Waals surface area contributed by atoms with Gasteiger partial charge >= 0.3 is 12.1 Å². The van der Waals surface area contributed by atoms with Gasteiger partial charge in [0.2, 0.25) is 11.8 Å². The summed E-state index contributed by atoms with van der Waals surface area (Å²) in [5, 5.41) is 10.2. The first-order chi connectivity index (χ1) is 16.1. The van der Waals surface area contributed by atoms with Crippen LogP contribution in [-0.4, -0.2) is 59.4 Å². The van der Waals surface area contributed by atoms with E-state index in [1.54, 1.807) is 0 Å². The molecule has 1 aromatic rings. The molecule has 2 rings (SSSR count). The van der Waals surface area contributed by atoms with E-state index in [1.165, 1.54) is 31.2 Å². The molecule has 0 saturated heterocycles. The van der Waals surface area contributed by atoms with Gasteiger partial charge in [-0.15, -0.1) is 0 Å². The summed E-state index contributed by atoms with van der Waals surface area (Å²) in [7, 11) is 0. The van der Waals surface area contributed by atoms with E-state index in [1.807, 2.05) is 0 Å². The molecule has 7 amide bonds. The smallest absolute Gasteiger partial charge is 0.352 e. The molecule has 0 saturated carbocycles. The van der Waals surface area contributed by atoms with E-state index in [0.717, 1.165) is 12.2 Å². The lowest BCUT2D eigenvalue weighted by Crippen LogP contribution is -2.49. The van der Waals surface area contributed by atoms with Crippen LogP contribution in [0.15, 0.2) is 36.4 Å². The average molecular weight is 475 g/mol. The Labute approximate surface area is 194 Å². The van der Waals surface area contributed by atoms with Crippen LogP contribution in [-0.2, 0) is 24.0 Å². The molecular weight excluding hydrogens is 450 g/mol. The molecule has 0 aliphatic carbocycles. The minimum absolute atomic E-state index is 0.207. The molecule has 14 heteroatoms. The highest BCUT2D eigenvalue weighted by Crippen LogP contribution is 2.15. The van der Waals surface area contributed by atoms with Crippen molar-refractivity contribution in [2.75, 3.05) is 17.2 Å². The van der Waals surface area contributed by atoms with Gasteiger partial charge in [0, 0.05) is 30.1 Å². The minimum atomic E-state index is -1.06. The van der Waals surface area contributed by atoms with E-state index >= 15 is 0 Å². The Morgan fingerprint density at radius 1 is 0.971 bits per heavy atom. The molecule has 14 nitrogen and oxygen atoms in total. The van der Waals surface area contributed by atoms with Crippen molar-refractivity contribution in [3.8, 4) is 0 Å². The van der Waals surface area contributed by atoms with Crippen molar-refractivity contribution >= 4 is 47.1 Å². The molecule has 8 N–H and O–H groups in total. The SMILES string of the molecule is C[C@H](N)C(=O)N[C@@H](CCCNC(N)=O)C(=O)Nc1ccc(NC(=O)ON2C(=O)C=CC2=O)cc1. The van der Waals surface area contributed by atoms with Crippen molar-refractivity contribution in [2.24, 2.45) is 11.5 Å². The highest BCUT2D eigenvalue weighted by molar-refractivity contribution is 6.12. The van der Waals surface area contributed by atoms with E-state index in [9.17, 15) is 28.8 Å². The van der Waals surface area contributed by atoms with Crippen LogP contribution in [0.4, 0.5) is 21.0 Å². The molecule has 34 heavy (non-hydrogen) atoms. The molecule has 0 bridgehead atoms. The summed E-state index contributed by atoms with van der Waals surface area (Å²) in [6.45, 7) is 1.69. The van der Waals surface area contributed by atoms with E-state index in [-0.39, 0.29) is 18.7 Å². The van der Waals surface area contributed by atoms with Crippen molar-refractivity contribution in [3.63, 3.8) is 0 Å². The second-order valence-corrected chi connectivity index (χ2v) is 7.16. The Bertz CT molecular complexity index is 973. The van der Waals surface area contributed by atoms with E-state index in [4.69, 9.17) is 11.5 Å². The van der Waals surface area contributed by atoms with Gasteiger partial charge in [0.15, 0.2) is 0 Å². The van der Waals surface area contributed by atoms with Crippen LogP contribution in [0.2, 0.25) is 0 Å². The molecule has 0 unspecified atom stereocenters. The predicted octanol–water partition coefficient (Wildman–Crippen LogP) is -0.706. The van der Waals surface area contributed by atoms with Gasteiger partial charge in [-0.3, -0.25) is 24.5 Å². The molecule has 1 heterocycles. The van der Waals surface area contributed by atoms with Crippen LogP contribution < -0.4 is 32.7 Å². The third kappa shape index (κ3) is 7.90. The highest BCUT2D eigenvalue weighted by Gasteiger charge is 2.28. The Morgan fingerprint density at radius 2 is 1.53 bits per heavy atom. The first kappa shape index (κ1) is 25.8. The number of hydrogen-bond acceptors (Lipinski definition) is 8. The Hall–Kier alpha value is -4.46. The van der Waals surface area contributed by atoms with Crippen molar-refractivity contribution in [1.82, 2.24) is 15.7 Å². The van der Waals surface area contributed by atoms with Gasteiger partial charge in [-0.2, -0.15) is 0 Å². The van der Waals surface area contributed by atoms with Gasteiger partial charge in [-0.1, -0.05) is 5.06 Å². The van der Waals surface area contributed by atoms with Crippen LogP contribution in [0.5, 0.6) is 0 Å². The largest absolute Gasteiger partial charge is 0.436 e. The second kappa shape index (κ2) is 12.0. The molecule has 2 atom stereocenters. The number of hydrogen-bond donors (Lipinski definition) is 6. The van der Waals surface area contributed by atoms with Crippen LogP contribution in [0.25, 0.3) is 0 Å². The third-order valence-electron chi connectivity index (χ3n) is 4.36. The monoisotopic (exact) mass is 475 g/mol. The number of hydroxylamine groups is 2. The molecule has 0 radical (unpaired) electrons. The standard InChI is InChI=1S/C20H25N7O7/c1-11(21)17(30)26-14(3-2-10-23-19(22)32)18(31)24-12-4-6-13(7-5-12)25-20(33)34-27-15(28)8-9-16(27)29/h4-9,11,14H,2-3,10,21H2,1H3,(H,24,31)(H,25,33)(H,26,30)(H3,22,23,32)/t11-,14-/m0/s1. The maximum absolute atomic E-state index is 12.7. The number of imide groups is 1. The van der Waals surface area contributed by atoms with Crippen LogP contribution >= 0.6 is 0 Å². The van der Waals surface area contributed by atoms with Gasteiger partial charge < -0.3 is 32.3 Å². The summed E-state index contributed by atoms with van der Waals surface area (Å²) >= 11 is 0. The lowest BCUT2D eigenvalue weighted by molar-refractivity contribution is -0.168. The lowest BCUT2D eigenvalue weighted by Gasteiger charge is -2.20. The maximum atomic E-state index is 12.7. The zero-order chi connectivity index (χ0) is 25.3. The van der Waals surface area contributed by atoms with E-state index in [2.05, 4.69) is 26.1 Å². The van der Waals surface area contributed by atoms with Gasteiger partial charge in [0.05, 0.1) is 6.04 Å². The van der Waals surface area contributed by atoms with Crippen LogP contribution in [0.1, 0.15) is 19.8 Å². The number of benzene rings is 1. The van der Waals surface area contributed by atoms with Gasteiger partial charge in [0.25, 0.3) is 11.8 Å². The summed E-state index contributed by atoms with van der Waals surface area (Å²) in [5.41, 5.74) is 11.2. The van der Waals surface area contributed by atoms with Crippen molar-refractivity contribution in [1.29, 1.82) is 0 Å². The number of rotatable bonds is 10. The number of nitrogens with zero attached hydrogens (tertiary/aromatic N) is 1. The fraction of sp³-hybridized carbons (Fsp3) is 0.300. The Kier molecular flexibility index (Phi) is 9.08. The first-order valence-electron chi connectivity index (χ1n) is 10.1. The molecule has 1 aliphatic rings. The van der Waals surface area contributed by atoms with Gasteiger partial charge in [-0.05, 0) is 44.0 Å². The van der Waals surface area contributed by atoms with E-state index < -0.39 is 47.8 Å². The summed E-state index contributed by atoms with van der Waals surface area (Å²) in [6, 6.07) is 3.37. The zero-order valence-corrected chi connectivity index (χ0v) is 18.2. The summed E-state index contributed by atoms with van der Waals surface area (Å²) in [5.74, 6) is -2.61. The summed E-state index contributed by atoms with van der Waals surface area (Å²) in [4.78, 5) is 74.7. The Morgan fingerprint density at radius 3 is 2.06 bits per heavy atom. The topological polar surface area (TPSA) is 215 Å². The molecule has 0 spiro atoms. The maximum Gasteiger partial charge on any atom is 0.436 e. The van der Waals surface area contributed by atoms with Crippen molar-refractivity contribution < 1.29 is 33.6 Å². The average Bonchev–Trinajstić information content (AvgIpc) is 3.08. The molecule has 0 aromatic heterocycles. The van der Waals surface area contributed by atoms with Crippen molar-refractivity contribution in [3.05, 3.63) is 36.4 Å². The summed E-state index contributed by atoms with van der Waals surface area (Å²) in [6.07, 6.45) is 1.43. The van der Waals surface area contributed by atoms with Gasteiger partial charge in [0.1, 0.15) is 6.04 Å². The fourth-order valence-electron chi connectivity index (χ4n) is 2.66. The number of carbonyl (C=O) groups is 6. The summed E-state index contributed by atoms with van der Waals surface area (Å²) < 4.78 is 0. The lowest BCUT2D eigenvalue weighted by atomic mass is 10.1. The quantitative estimate of drug-likeness (QED) is 0.187. The van der Waals surface area contributed by atoms with Crippen LogP contribution in [0, 0.1) is 0 Å². The Balaban J connectivity index is 1.93. The minimum Gasteiger partial charge on any atom is -0.352 e. The molecule has 1 aromatic carbocycles. The molecule has 182 valence electrons. The third-order valence-corrected chi connectivity index (χ3v) is 4.36. The first-order valence-corrected chi connectivity index (χ1v) is 10.1. The van der Waals surface area contributed by atoms with Crippen LogP contribution in [0.3, 0.4) is 0 Å². The second-order valence-electron chi connectivity index (χ2n) is 7.16. The molecule has 0 fully saturated rings. The molecule has 1 aliphatic heterocycles. The number of nitrogens with one attached hydrogen (secondary N) is 4. The zero-order valence-electron chi connectivity index (χ0n) is 18.2. The number of anilines is 2. The van der Waals surface area contributed by atoms with Crippen molar-refractivity contribution in [2.45, 2.75) is 31.8 Å². The normalized spacial score (nSPS) is 14.2. The predicted molar refractivity (Wildman–Crippen MR) is 119 cm³/mol. The van der Waals surface area contributed by atoms with Gasteiger partial charge in [-0.25, -0.2) is 9.59 Å². The number of urea groups is 1. The number of nitrogens with two attached hydrogens (primary N) is 2. The number of primary amides is 1. The molecular formula is C20H25N7O7. The fourth-order valence-corrected chi connectivity index (χ4v) is 2.66.